The fourth-order valence-corrected chi connectivity index (χ4v) is 3.92. The van der Waals surface area contributed by atoms with Gasteiger partial charge in [-0.05, 0) is 41.9 Å². The molecule has 0 aliphatic carbocycles. The Morgan fingerprint density at radius 1 is 0.825 bits per heavy atom. The van der Waals surface area contributed by atoms with Gasteiger partial charge in [0.05, 0.1) is 18.3 Å². The molecule has 0 aliphatic heterocycles. The van der Waals surface area contributed by atoms with Crippen molar-refractivity contribution in [3.8, 4) is 11.5 Å². The molecule has 9 nitrogen and oxygen atoms in total. The number of carbonyl (C=O) groups excluding carboxylic acids is 3. The van der Waals surface area contributed by atoms with Crippen molar-refractivity contribution in [2.45, 2.75) is 101 Å². The second-order valence-electron chi connectivity index (χ2n) is 12.8. The van der Waals surface area contributed by atoms with Gasteiger partial charge in [-0.1, -0.05) is 75.3 Å². The van der Waals surface area contributed by atoms with Gasteiger partial charge in [0.1, 0.15) is 12.1 Å². The second-order valence-corrected chi connectivity index (χ2v) is 12.8. The molecule has 0 heterocycles. The van der Waals surface area contributed by atoms with Crippen molar-refractivity contribution in [3.05, 3.63) is 23.8 Å². The lowest BCUT2D eigenvalue weighted by molar-refractivity contribution is -0.153. The molecule has 0 saturated carbocycles. The van der Waals surface area contributed by atoms with Gasteiger partial charge in [-0.25, -0.2) is 0 Å². The Morgan fingerprint density at radius 3 is 1.73 bits per heavy atom. The summed E-state index contributed by atoms with van der Waals surface area (Å²) in [4.78, 5) is 50.2. The molecule has 0 amide bonds. The Bertz CT molecular complexity index is 1040. The number of nitrogens with two attached hydrogens (primary N) is 1. The van der Waals surface area contributed by atoms with Crippen molar-refractivity contribution in [2.75, 3.05) is 0 Å². The number of rotatable bonds is 13. The molecule has 0 spiro atoms. The molecule has 0 saturated heterocycles. The van der Waals surface area contributed by atoms with Gasteiger partial charge in [-0.15, -0.1) is 0 Å². The molecule has 1 aromatic rings. The molecule has 3 N–H and O–H groups in total. The lowest BCUT2D eigenvalue weighted by atomic mass is 9.79. The van der Waals surface area contributed by atoms with E-state index in [4.69, 9.17) is 19.9 Å². The van der Waals surface area contributed by atoms with Crippen LogP contribution >= 0.6 is 0 Å². The SMILES string of the molecule is CC(C)C(C)C(=O)Oc1ccc(C(C(C)C(C)OC(=O)CC(C)(C)C)[C@H](N)C(=O)O)cc1OC(=O)C(C)C(C)C. The first kappa shape index (κ1) is 35.1. The number of ether oxygens (including phenoxy) is 3. The first-order valence-corrected chi connectivity index (χ1v) is 14.0. The fraction of sp³-hybridized carbons (Fsp3) is 0.677. The van der Waals surface area contributed by atoms with Crippen LogP contribution in [-0.2, 0) is 23.9 Å². The third-order valence-corrected chi connectivity index (χ3v) is 7.49. The molecule has 0 fully saturated rings. The molecular formula is C31H49NO8. The first-order valence-electron chi connectivity index (χ1n) is 14.0. The molecule has 0 aromatic heterocycles. The highest BCUT2D eigenvalue weighted by atomic mass is 16.6. The van der Waals surface area contributed by atoms with Crippen molar-refractivity contribution in [1.29, 1.82) is 0 Å². The summed E-state index contributed by atoms with van der Waals surface area (Å²) in [6.07, 6.45) is -0.468. The molecule has 9 heteroatoms. The van der Waals surface area contributed by atoms with Crippen LogP contribution in [0.1, 0.15) is 94.1 Å². The van der Waals surface area contributed by atoms with Crippen LogP contribution in [0, 0.1) is 35.0 Å². The first-order chi connectivity index (χ1) is 18.3. The molecule has 0 aliphatic rings. The predicted octanol–water partition coefficient (Wildman–Crippen LogP) is 5.58. The third-order valence-electron chi connectivity index (χ3n) is 7.49. The second kappa shape index (κ2) is 14.6. The highest BCUT2D eigenvalue weighted by Gasteiger charge is 2.36. The van der Waals surface area contributed by atoms with E-state index in [9.17, 15) is 24.3 Å². The van der Waals surface area contributed by atoms with Crippen LogP contribution < -0.4 is 15.2 Å². The van der Waals surface area contributed by atoms with Crippen molar-refractivity contribution >= 4 is 23.9 Å². The van der Waals surface area contributed by atoms with Crippen molar-refractivity contribution in [2.24, 2.45) is 40.7 Å². The van der Waals surface area contributed by atoms with Gasteiger partial charge >= 0.3 is 23.9 Å². The molecule has 1 rings (SSSR count). The highest BCUT2D eigenvalue weighted by molar-refractivity contribution is 5.79. The number of carboxylic acids is 1. The number of hydrogen-bond donors (Lipinski definition) is 2. The zero-order chi connectivity index (χ0) is 31.1. The average Bonchev–Trinajstić information content (AvgIpc) is 2.82. The van der Waals surface area contributed by atoms with E-state index < -0.39 is 59.7 Å². The van der Waals surface area contributed by atoms with Crippen molar-refractivity contribution in [1.82, 2.24) is 0 Å². The standard InChI is InChI=1S/C31H49NO8/c1-16(2)18(5)29(36)39-23-13-12-22(14-24(23)40-30(37)19(6)17(3)4)26(27(32)28(34)35)20(7)21(8)38-25(33)15-31(9,10)11/h12-14,16-21,26-27H,15,32H2,1-11H3,(H,34,35)/t18?,19?,20?,21?,26?,27-/m0/s1. The minimum Gasteiger partial charge on any atom is -0.480 e. The van der Waals surface area contributed by atoms with Gasteiger partial charge in [-0.3, -0.25) is 19.2 Å². The predicted molar refractivity (Wildman–Crippen MR) is 153 cm³/mol. The van der Waals surface area contributed by atoms with E-state index in [0.29, 0.717) is 5.56 Å². The van der Waals surface area contributed by atoms with Crippen LogP contribution in [0.15, 0.2) is 18.2 Å². The molecule has 0 radical (unpaired) electrons. The maximum absolute atomic E-state index is 12.9. The molecule has 1 aromatic carbocycles. The molecule has 226 valence electrons. The van der Waals surface area contributed by atoms with Crippen molar-refractivity contribution in [3.63, 3.8) is 0 Å². The lowest BCUT2D eigenvalue weighted by Gasteiger charge is -2.32. The van der Waals surface area contributed by atoms with E-state index >= 15 is 0 Å². The van der Waals surface area contributed by atoms with Crippen LogP contribution in [0.3, 0.4) is 0 Å². The van der Waals surface area contributed by atoms with Crippen LogP contribution in [-0.4, -0.2) is 41.1 Å². The smallest absolute Gasteiger partial charge is 0.321 e. The summed E-state index contributed by atoms with van der Waals surface area (Å²) in [5.74, 6) is -4.77. The molecule has 6 atom stereocenters. The highest BCUT2D eigenvalue weighted by Crippen LogP contribution is 2.38. The van der Waals surface area contributed by atoms with E-state index in [2.05, 4.69) is 0 Å². The van der Waals surface area contributed by atoms with E-state index in [1.807, 2.05) is 48.5 Å². The van der Waals surface area contributed by atoms with Gasteiger partial charge in [-0.2, -0.15) is 0 Å². The minimum atomic E-state index is -1.36. The molecule has 0 bridgehead atoms. The maximum Gasteiger partial charge on any atom is 0.321 e. The number of esters is 3. The van der Waals surface area contributed by atoms with E-state index in [0.717, 1.165) is 0 Å². The Balaban J connectivity index is 3.54. The van der Waals surface area contributed by atoms with E-state index in [-0.39, 0.29) is 35.2 Å². The summed E-state index contributed by atoms with van der Waals surface area (Å²) >= 11 is 0. The normalized spacial score (nSPS) is 16.4. The Hall–Kier alpha value is -2.94. The summed E-state index contributed by atoms with van der Waals surface area (Å²) < 4.78 is 17.0. The summed E-state index contributed by atoms with van der Waals surface area (Å²) in [7, 11) is 0. The largest absolute Gasteiger partial charge is 0.480 e. The number of benzene rings is 1. The molecule has 5 unspecified atom stereocenters. The Morgan fingerprint density at radius 2 is 1.30 bits per heavy atom. The number of aliphatic carboxylic acids is 1. The average molecular weight is 564 g/mol. The summed E-state index contributed by atoms with van der Waals surface area (Å²) in [6, 6.07) is 3.21. The zero-order valence-corrected chi connectivity index (χ0v) is 25.9. The number of carbonyl (C=O) groups is 4. The van der Waals surface area contributed by atoms with Crippen LogP contribution in [0.4, 0.5) is 0 Å². The summed E-state index contributed by atoms with van der Waals surface area (Å²) in [6.45, 7) is 20.3. The number of hydrogen-bond acceptors (Lipinski definition) is 8. The summed E-state index contributed by atoms with van der Waals surface area (Å²) in [5.41, 5.74) is 6.33. The van der Waals surface area contributed by atoms with Gasteiger partial charge in [0.25, 0.3) is 0 Å². The zero-order valence-electron chi connectivity index (χ0n) is 25.9. The Labute approximate surface area is 239 Å². The van der Waals surface area contributed by atoms with Crippen LogP contribution in [0.5, 0.6) is 11.5 Å². The number of carboxylic acid groups (broad SMARTS) is 1. The fourth-order valence-electron chi connectivity index (χ4n) is 3.92. The van der Waals surface area contributed by atoms with E-state index in [1.165, 1.54) is 12.1 Å². The quantitative estimate of drug-likeness (QED) is 0.232. The van der Waals surface area contributed by atoms with Crippen LogP contribution in [0.25, 0.3) is 0 Å². The molecule has 40 heavy (non-hydrogen) atoms. The minimum absolute atomic E-state index is 0.000479. The molecular weight excluding hydrogens is 514 g/mol. The van der Waals surface area contributed by atoms with Crippen molar-refractivity contribution < 1.29 is 38.5 Å². The van der Waals surface area contributed by atoms with Gasteiger partial charge in [0, 0.05) is 11.8 Å². The topological polar surface area (TPSA) is 142 Å². The maximum atomic E-state index is 12.9. The third kappa shape index (κ3) is 10.2. The lowest BCUT2D eigenvalue weighted by Crippen LogP contribution is -2.42. The van der Waals surface area contributed by atoms with Crippen LogP contribution in [0.2, 0.25) is 0 Å². The van der Waals surface area contributed by atoms with Gasteiger partial charge in [0.2, 0.25) is 0 Å². The van der Waals surface area contributed by atoms with E-state index in [1.54, 1.807) is 33.8 Å². The van der Waals surface area contributed by atoms with Gasteiger partial charge < -0.3 is 25.1 Å². The van der Waals surface area contributed by atoms with Gasteiger partial charge in [0.15, 0.2) is 11.5 Å². The monoisotopic (exact) mass is 563 g/mol. The summed E-state index contributed by atoms with van der Waals surface area (Å²) in [5, 5.41) is 9.83. The Kier molecular flexibility index (Phi) is 12.8.